The summed E-state index contributed by atoms with van der Waals surface area (Å²) < 4.78 is 1.76. The smallest absolute Gasteiger partial charge is 0.0999 e. The maximum atomic E-state index is 9.43. The van der Waals surface area contributed by atoms with Crippen molar-refractivity contribution in [3.05, 3.63) is 30.1 Å². The molecule has 1 aliphatic heterocycles. The third-order valence-electron chi connectivity index (χ3n) is 3.84. The number of hydrogen-bond donors (Lipinski definition) is 0. The number of aryl methyl sites for hydroxylation is 1. The highest BCUT2D eigenvalue weighted by atomic mass is 15.2. The predicted molar refractivity (Wildman–Crippen MR) is 89.8 cm³/mol. The highest BCUT2D eigenvalue weighted by Crippen LogP contribution is 2.37. The second kappa shape index (κ2) is 6.24. The van der Waals surface area contributed by atoms with Gasteiger partial charge >= 0.3 is 0 Å². The van der Waals surface area contributed by atoms with Gasteiger partial charge in [0, 0.05) is 51.6 Å². The molecule has 0 radical (unpaired) electrons. The lowest BCUT2D eigenvalue weighted by Gasteiger charge is -2.35. The fourth-order valence-electron chi connectivity index (χ4n) is 2.62. The highest BCUT2D eigenvalue weighted by molar-refractivity contribution is 5.83. The fraction of sp³-hybridized carbons (Fsp3) is 0.294. The lowest BCUT2D eigenvalue weighted by Crippen LogP contribution is -2.36. The molecule has 5 heteroatoms. The van der Waals surface area contributed by atoms with Crippen LogP contribution < -0.4 is 9.80 Å². The first-order valence-corrected chi connectivity index (χ1v) is 6.93. The molecule has 0 N–H and O–H groups in total. The molecule has 1 aliphatic rings. The van der Waals surface area contributed by atoms with E-state index in [9.17, 15) is 5.26 Å². The molecule has 1 aromatic carbocycles. The van der Waals surface area contributed by atoms with Crippen LogP contribution in [-0.4, -0.2) is 37.0 Å². The fourth-order valence-corrected chi connectivity index (χ4v) is 2.62. The average molecular weight is 293 g/mol. The summed E-state index contributed by atoms with van der Waals surface area (Å²) in [5.74, 6) is 0. The molecule has 0 saturated carbocycles. The van der Waals surface area contributed by atoms with Gasteiger partial charge in [-0.3, -0.25) is 4.68 Å². The van der Waals surface area contributed by atoms with Crippen molar-refractivity contribution >= 4 is 11.4 Å². The molecule has 0 amide bonds. The van der Waals surface area contributed by atoms with Crippen molar-refractivity contribution in [2.45, 2.75) is 0 Å². The van der Waals surface area contributed by atoms with Crippen LogP contribution in [0, 0.1) is 24.2 Å². The standard InChI is InChI=1S/C15H17N5.C2H2/c1-18-4-5-19(2)15-7-13(11(8-16)6-14(15)18)12-9-17-20(3)10-12;1-2/h6-7,9-10H,4-5H2,1-3H3;1-2H. The number of fused-ring (bicyclic) bond motifs is 1. The molecule has 3 rings (SSSR count). The first kappa shape index (κ1) is 15.5. The quantitative estimate of drug-likeness (QED) is 0.755. The summed E-state index contributed by atoms with van der Waals surface area (Å²) in [5, 5.41) is 13.6. The monoisotopic (exact) mass is 293 g/mol. The molecule has 0 aliphatic carbocycles. The first-order valence-electron chi connectivity index (χ1n) is 6.93. The summed E-state index contributed by atoms with van der Waals surface area (Å²) in [7, 11) is 6.04. The Bertz CT molecular complexity index is 735. The second-order valence-corrected chi connectivity index (χ2v) is 5.24. The zero-order chi connectivity index (χ0) is 16.3. The van der Waals surface area contributed by atoms with Gasteiger partial charge in [-0.05, 0) is 12.1 Å². The zero-order valence-corrected chi connectivity index (χ0v) is 13.1. The van der Waals surface area contributed by atoms with E-state index >= 15 is 0 Å². The predicted octanol–water partition coefficient (Wildman–Crippen LogP) is 2.09. The van der Waals surface area contributed by atoms with E-state index in [0.29, 0.717) is 5.56 Å². The van der Waals surface area contributed by atoms with E-state index in [4.69, 9.17) is 0 Å². The Hall–Kier alpha value is -2.92. The Kier molecular flexibility index (Phi) is 4.39. The van der Waals surface area contributed by atoms with Crippen molar-refractivity contribution in [3.8, 4) is 30.0 Å². The molecule has 2 heterocycles. The Morgan fingerprint density at radius 1 is 1.09 bits per heavy atom. The van der Waals surface area contributed by atoms with Crippen LogP contribution >= 0.6 is 0 Å². The second-order valence-electron chi connectivity index (χ2n) is 5.24. The van der Waals surface area contributed by atoms with Gasteiger partial charge in [-0.15, -0.1) is 12.8 Å². The molecule has 1 aromatic heterocycles. The van der Waals surface area contributed by atoms with Crippen LogP contribution in [0.1, 0.15) is 5.56 Å². The molecule has 0 bridgehead atoms. The maximum Gasteiger partial charge on any atom is 0.0999 e. The van der Waals surface area contributed by atoms with Gasteiger partial charge in [0.15, 0.2) is 0 Å². The van der Waals surface area contributed by atoms with Crippen LogP contribution in [0.4, 0.5) is 11.4 Å². The molecule has 5 nitrogen and oxygen atoms in total. The molecule has 22 heavy (non-hydrogen) atoms. The number of hydrogen-bond acceptors (Lipinski definition) is 4. The summed E-state index contributed by atoms with van der Waals surface area (Å²) in [6, 6.07) is 6.38. The van der Waals surface area contributed by atoms with E-state index in [1.165, 1.54) is 0 Å². The number of terminal acetylenes is 1. The molecule has 0 atom stereocenters. The van der Waals surface area contributed by atoms with E-state index in [0.717, 1.165) is 35.6 Å². The van der Waals surface area contributed by atoms with E-state index in [-0.39, 0.29) is 0 Å². The third kappa shape index (κ3) is 2.62. The number of likely N-dealkylation sites (N-methyl/N-ethyl adjacent to an activating group) is 2. The van der Waals surface area contributed by atoms with E-state index in [1.807, 2.05) is 19.3 Å². The minimum atomic E-state index is 0.693. The molecule has 0 unspecified atom stereocenters. The summed E-state index contributed by atoms with van der Waals surface area (Å²) in [6.45, 7) is 1.96. The Morgan fingerprint density at radius 2 is 1.68 bits per heavy atom. The van der Waals surface area contributed by atoms with Crippen molar-refractivity contribution in [1.82, 2.24) is 9.78 Å². The largest absolute Gasteiger partial charge is 0.371 e. The number of nitriles is 1. The molecule has 2 aromatic rings. The van der Waals surface area contributed by atoms with Crippen molar-refractivity contribution in [1.29, 1.82) is 5.26 Å². The van der Waals surface area contributed by atoms with Crippen molar-refractivity contribution in [2.75, 3.05) is 37.0 Å². The van der Waals surface area contributed by atoms with Crippen LogP contribution in [0.3, 0.4) is 0 Å². The van der Waals surface area contributed by atoms with Gasteiger partial charge in [0.25, 0.3) is 0 Å². The van der Waals surface area contributed by atoms with Gasteiger partial charge in [0.05, 0.1) is 29.2 Å². The summed E-state index contributed by atoms with van der Waals surface area (Å²) in [4.78, 5) is 4.43. The number of nitrogens with zero attached hydrogens (tertiary/aromatic N) is 5. The summed E-state index contributed by atoms with van der Waals surface area (Å²) in [6.07, 6.45) is 11.7. The minimum absolute atomic E-state index is 0.693. The number of benzene rings is 1. The molecular weight excluding hydrogens is 274 g/mol. The van der Waals surface area contributed by atoms with Gasteiger partial charge in [-0.2, -0.15) is 10.4 Å². The van der Waals surface area contributed by atoms with Crippen molar-refractivity contribution in [2.24, 2.45) is 7.05 Å². The average Bonchev–Trinajstić information content (AvgIpc) is 2.98. The molecular formula is C17H19N5. The topological polar surface area (TPSA) is 48.1 Å². The molecule has 0 spiro atoms. The maximum absolute atomic E-state index is 9.43. The van der Waals surface area contributed by atoms with Crippen LogP contribution in [0.5, 0.6) is 0 Å². The Labute approximate surface area is 131 Å². The third-order valence-corrected chi connectivity index (χ3v) is 3.84. The number of rotatable bonds is 1. The first-order chi connectivity index (χ1) is 10.6. The highest BCUT2D eigenvalue weighted by Gasteiger charge is 2.21. The van der Waals surface area contributed by atoms with Gasteiger partial charge in [0.1, 0.15) is 0 Å². The van der Waals surface area contributed by atoms with E-state index < -0.39 is 0 Å². The normalized spacial score (nSPS) is 12.9. The molecule has 0 saturated heterocycles. The van der Waals surface area contributed by atoms with Crippen LogP contribution in [0.25, 0.3) is 11.1 Å². The lowest BCUT2D eigenvalue weighted by molar-refractivity contribution is 0.768. The molecule has 112 valence electrons. The Balaban J connectivity index is 0.000000847. The van der Waals surface area contributed by atoms with Crippen LogP contribution in [0.15, 0.2) is 24.5 Å². The van der Waals surface area contributed by atoms with Crippen LogP contribution in [0.2, 0.25) is 0 Å². The van der Waals surface area contributed by atoms with Gasteiger partial charge < -0.3 is 9.80 Å². The number of aromatic nitrogens is 2. The lowest BCUT2D eigenvalue weighted by atomic mass is 9.99. The van der Waals surface area contributed by atoms with E-state index in [1.54, 1.807) is 10.9 Å². The summed E-state index contributed by atoms with van der Waals surface area (Å²) in [5.41, 5.74) is 4.90. The van der Waals surface area contributed by atoms with Crippen molar-refractivity contribution < 1.29 is 0 Å². The van der Waals surface area contributed by atoms with Crippen LogP contribution in [-0.2, 0) is 7.05 Å². The summed E-state index contributed by atoms with van der Waals surface area (Å²) >= 11 is 0. The molecule has 0 fully saturated rings. The van der Waals surface area contributed by atoms with Crippen molar-refractivity contribution in [3.63, 3.8) is 0 Å². The SMILES string of the molecule is C#C.CN1CCN(C)c2cc(-c3cnn(C)c3)c(C#N)cc21. The minimum Gasteiger partial charge on any atom is -0.371 e. The zero-order valence-electron chi connectivity index (χ0n) is 13.1. The Morgan fingerprint density at radius 3 is 2.18 bits per heavy atom. The van der Waals surface area contributed by atoms with Gasteiger partial charge in [-0.25, -0.2) is 0 Å². The van der Waals surface area contributed by atoms with Gasteiger partial charge in [-0.1, -0.05) is 0 Å². The van der Waals surface area contributed by atoms with E-state index in [2.05, 4.69) is 54.0 Å². The van der Waals surface area contributed by atoms with Gasteiger partial charge in [0.2, 0.25) is 0 Å². The number of anilines is 2.